The number of rotatable bonds is 2. The van der Waals surface area contributed by atoms with Gasteiger partial charge in [0.2, 0.25) is 0 Å². The van der Waals surface area contributed by atoms with Crippen LogP contribution in [0.1, 0.15) is 31.7 Å². The largest absolute Gasteiger partial charge is 0.330 e. The molecule has 1 heterocycles. The SMILES string of the molecule is NCC1CCC(n2cncn2)CC1. The molecule has 1 saturated carbocycles. The van der Waals surface area contributed by atoms with Crippen molar-refractivity contribution in [2.75, 3.05) is 6.54 Å². The Kier molecular flexibility index (Phi) is 2.59. The molecule has 1 aromatic heterocycles. The molecule has 1 aromatic rings. The molecule has 0 saturated heterocycles. The second-order valence-corrected chi connectivity index (χ2v) is 3.79. The Hall–Kier alpha value is -0.900. The van der Waals surface area contributed by atoms with Crippen LogP contribution < -0.4 is 5.73 Å². The first-order valence-electron chi connectivity index (χ1n) is 4.94. The molecule has 0 unspecified atom stereocenters. The summed E-state index contributed by atoms with van der Waals surface area (Å²) in [5, 5.41) is 4.17. The molecule has 2 N–H and O–H groups in total. The summed E-state index contributed by atoms with van der Waals surface area (Å²) in [6.45, 7) is 0.837. The highest BCUT2D eigenvalue weighted by atomic mass is 15.3. The van der Waals surface area contributed by atoms with Crippen LogP contribution in [-0.2, 0) is 0 Å². The Morgan fingerprint density at radius 3 is 2.62 bits per heavy atom. The standard InChI is InChI=1S/C9H16N4/c10-5-8-1-3-9(4-2-8)13-7-11-6-12-13/h6-9H,1-5,10H2. The van der Waals surface area contributed by atoms with Gasteiger partial charge in [-0.2, -0.15) is 5.10 Å². The van der Waals surface area contributed by atoms with Crippen molar-refractivity contribution < 1.29 is 0 Å². The highest BCUT2D eigenvalue weighted by Crippen LogP contribution is 2.30. The monoisotopic (exact) mass is 180 g/mol. The lowest BCUT2D eigenvalue weighted by molar-refractivity contribution is 0.265. The maximum Gasteiger partial charge on any atom is 0.137 e. The maximum absolute atomic E-state index is 5.63. The van der Waals surface area contributed by atoms with Crippen molar-refractivity contribution in [2.24, 2.45) is 11.7 Å². The summed E-state index contributed by atoms with van der Waals surface area (Å²) < 4.78 is 1.98. The second-order valence-electron chi connectivity index (χ2n) is 3.79. The Balaban J connectivity index is 1.92. The van der Waals surface area contributed by atoms with E-state index < -0.39 is 0 Å². The van der Waals surface area contributed by atoms with Crippen molar-refractivity contribution in [3.63, 3.8) is 0 Å². The number of nitrogens with two attached hydrogens (primary N) is 1. The predicted octanol–water partition coefficient (Wildman–Crippen LogP) is 0.968. The van der Waals surface area contributed by atoms with Crippen molar-refractivity contribution in [3.8, 4) is 0 Å². The van der Waals surface area contributed by atoms with Gasteiger partial charge in [-0.15, -0.1) is 0 Å². The normalized spacial score (nSPS) is 29.0. The number of aromatic nitrogens is 3. The Labute approximate surface area is 78.1 Å². The van der Waals surface area contributed by atoms with Gasteiger partial charge in [0.1, 0.15) is 12.7 Å². The molecule has 1 fully saturated rings. The van der Waals surface area contributed by atoms with E-state index in [1.54, 1.807) is 6.33 Å². The van der Waals surface area contributed by atoms with Crippen LogP contribution in [0.2, 0.25) is 0 Å². The lowest BCUT2D eigenvalue weighted by Crippen LogP contribution is -2.23. The summed E-state index contributed by atoms with van der Waals surface area (Å²) in [4.78, 5) is 3.96. The summed E-state index contributed by atoms with van der Waals surface area (Å²) in [5.74, 6) is 0.736. The molecule has 2 rings (SSSR count). The van der Waals surface area contributed by atoms with Crippen molar-refractivity contribution in [1.29, 1.82) is 0 Å². The van der Waals surface area contributed by atoms with E-state index in [0.29, 0.717) is 6.04 Å². The van der Waals surface area contributed by atoms with Crippen molar-refractivity contribution in [1.82, 2.24) is 14.8 Å². The van der Waals surface area contributed by atoms with Gasteiger partial charge in [-0.25, -0.2) is 9.67 Å². The van der Waals surface area contributed by atoms with Crippen LogP contribution in [0.5, 0.6) is 0 Å². The zero-order valence-electron chi connectivity index (χ0n) is 7.76. The molecule has 4 nitrogen and oxygen atoms in total. The number of nitrogens with zero attached hydrogens (tertiary/aromatic N) is 3. The van der Waals surface area contributed by atoms with E-state index in [1.165, 1.54) is 25.7 Å². The Morgan fingerprint density at radius 2 is 2.08 bits per heavy atom. The first-order valence-corrected chi connectivity index (χ1v) is 4.94. The van der Waals surface area contributed by atoms with Crippen LogP contribution in [0, 0.1) is 5.92 Å². The van der Waals surface area contributed by atoms with Gasteiger partial charge in [0.25, 0.3) is 0 Å². The Bertz CT molecular complexity index is 236. The predicted molar refractivity (Wildman–Crippen MR) is 50.1 cm³/mol. The molecule has 0 spiro atoms. The van der Waals surface area contributed by atoms with Crippen molar-refractivity contribution in [3.05, 3.63) is 12.7 Å². The van der Waals surface area contributed by atoms with Crippen LogP contribution in [0.25, 0.3) is 0 Å². The molecular formula is C9H16N4. The van der Waals surface area contributed by atoms with Crippen LogP contribution >= 0.6 is 0 Å². The van der Waals surface area contributed by atoms with Gasteiger partial charge in [-0.3, -0.25) is 0 Å². The average Bonchev–Trinajstić information content (AvgIpc) is 2.71. The smallest absolute Gasteiger partial charge is 0.137 e. The molecule has 0 bridgehead atoms. The van der Waals surface area contributed by atoms with Crippen LogP contribution in [-0.4, -0.2) is 21.3 Å². The van der Waals surface area contributed by atoms with Gasteiger partial charge >= 0.3 is 0 Å². The molecule has 1 aliphatic rings. The van der Waals surface area contributed by atoms with Gasteiger partial charge in [0.15, 0.2) is 0 Å². The van der Waals surface area contributed by atoms with Crippen molar-refractivity contribution >= 4 is 0 Å². The van der Waals surface area contributed by atoms with E-state index in [4.69, 9.17) is 5.73 Å². The van der Waals surface area contributed by atoms with E-state index in [1.807, 2.05) is 11.0 Å². The lowest BCUT2D eigenvalue weighted by Gasteiger charge is -2.27. The third kappa shape index (κ3) is 1.88. The minimum Gasteiger partial charge on any atom is -0.330 e. The summed E-state index contributed by atoms with van der Waals surface area (Å²) >= 11 is 0. The van der Waals surface area contributed by atoms with Crippen LogP contribution in [0.3, 0.4) is 0 Å². The average molecular weight is 180 g/mol. The molecular weight excluding hydrogens is 164 g/mol. The fourth-order valence-electron chi connectivity index (χ4n) is 2.05. The third-order valence-corrected chi connectivity index (χ3v) is 2.96. The highest BCUT2D eigenvalue weighted by Gasteiger charge is 2.21. The molecule has 4 heteroatoms. The lowest BCUT2D eigenvalue weighted by atomic mass is 9.86. The summed E-state index contributed by atoms with van der Waals surface area (Å²) in [7, 11) is 0. The molecule has 1 aliphatic carbocycles. The van der Waals surface area contributed by atoms with E-state index in [9.17, 15) is 0 Å². The third-order valence-electron chi connectivity index (χ3n) is 2.96. The van der Waals surface area contributed by atoms with E-state index in [2.05, 4.69) is 10.1 Å². The number of hydrogen-bond acceptors (Lipinski definition) is 3. The molecule has 13 heavy (non-hydrogen) atoms. The minimum atomic E-state index is 0.560. The van der Waals surface area contributed by atoms with Crippen LogP contribution in [0.4, 0.5) is 0 Å². The van der Waals surface area contributed by atoms with Gasteiger partial charge in [0, 0.05) is 0 Å². The zero-order chi connectivity index (χ0) is 9.10. The number of hydrogen-bond donors (Lipinski definition) is 1. The maximum atomic E-state index is 5.63. The van der Waals surface area contributed by atoms with Gasteiger partial charge in [0.05, 0.1) is 6.04 Å². The quantitative estimate of drug-likeness (QED) is 0.737. The Morgan fingerprint density at radius 1 is 1.31 bits per heavy atom. The minimum absolute atomic E-state index is 0.560. The van der Waals surface area contributed by atoms with Crippen molar-refractivity contribution in [2.45, 2.75) is 31.7 Å². The van der Waals surface area contributed by atoms with Gasteiger partial charge in [-0.05, 0) is 38.1 Å². The molecule has 0 aromatic carbocycles. The van der Waals surface area contributed by atoms with E-state index in [0.717, 1.165) is 12.5 Å². The zero-order valence-corrected chi connectivity index (χ0v) is 7.76. The molecule has 0 amide bonds. The summed E-state index contributed by atoms with van der Waals surface area (Å²) in [5.41, 5.74) is 5.63. The molecule has 0 radical (unpaired) electrons. The summed E-state index contributed by atoms with van der Waals surface area (Å²) in [6.07, 6.45) is 8.29. The van der Waals surface area contributed by atoms with Gasteiger partial charge in [-0.1, -0.05) is 0 Å². The fourth-order valence-corrected chi connectivity index (χ4v) is 2.05. The topological polar surface area (TPSA) is 56.7 Å². The molecule has 0 atom stereocenters. The highest BCUT2D eigenvalue weighted by molar-refractivity contribution is 4.77. The van der Waals surface area contributed by atoms with E-state index >= 15 is 0 Å². The fraction of sp³-hybridized carbons (Fsp3) is 0.778. The second kappa shape index (κ2) is 3.87. The molecule has 72 valence electrons. The van der Waals surface area contributed by atoms with Gasteiger partial charge < -0.3 is 5.73 Å². The first-order chi connectivity index (χ1) is 6.40. The molecule has 0 aliphatic heterocycles. The summed E-state index contributed by atoms with van der Waals surface area (Å²) in [6, 6.07) is 0.560. The van der Waals surface area contributed by atoms with E-state index in [-0.39, 0.29) is 0 Å². The first kappa shape index (κ1) is 8.69. The van der Waals surface area contributed by atoms with Crippen LogP contribution in [0.15, 0.2) is 12.7 Å².